The monoisotopic (exact) mass is 219 g/mol. The maximum absolute atomic E-state index is 11.1. The molecule has 0 unspecified atom stereocenters. The third kappa shape index (κ3) is 2.57. The van der Waals surface area contributed by atoms with Crippen LogP contribution in [0.1, 0.15) is 30.0 Å². The summed E-state index contributed by atoms with van der Waals surface area (Å²) < 4.78 is 5.05. The number of carbonyl (C=O) groups is 1. The van der Waals surface area contributed by atoms with Crippen LogP contribution in [0.5, 0.6) is 0 Å². The SMILES string of the molecule is CCC(=O)OCc1c(C)ccc(C)c1[N+]#N. The smallest absolute Gasteiger partial charge is 0.394 e. The average molecular weight is 219 g/mol. The largest absolute Gasteiger partial charge is 0.460 e. The maximum Gasteiger partial charge on any atom is 0.394 e. The first-order chi connectivity index (χ1) is 7.60. The summed E-state index contributed by atoms with van der Waals surface area (Å²) in [4.78, 5) is 14.3. The Morgan fingerprint density at radius 3 is 2.56 bits per heavy atom. The fourth-order valence-corrected chi connectivity index (χ4v) is 1.43. The third-order valence-corrected chi connectivity index (χ3v) is 2.48. The van der Waals surface area contributed by atoms with Gasteiger partial charge in [-0.05, 0) is 19.4 Å². The molecular weight excluding hydrogens is 204 g/mol. The maximum atomic E-state index is 11.1. The van der Waals surface area contributed by atoms with E-state index in [1.807, 2.05) is 26.0 Å². The topological polar surface area (TPSA) is 54.5 Å². The first-order valence-corrected chi connectivity index (χ1v) is 5.20. The van der Waals surface area contributed by atoms with Gasteiger partial charge in [0.2, 0.25) is 5.39 Å². The van der Waals surface area contributed by atoms with Gasteiger partial charge in [-0.2, -0.15) is 0 Å². The molecule has 4 nitrogen and oxygen atoms in total. The quantitative estimate of drug-likeness (QED) is 0.579. The normalized spacial score (nSPS) is 9.62. The number of esters is 1. The van der Waals surface area contributed by atoms with E-state index in [0.717, 1.165) is 16.7 Å². The highest BCUT2D eigenvalue weighted by molar-refractivity contribution is 5.69. The van der Waals surface area contributed by atoms with Crippen molar-refractivity contribution in [2.75, 3.05) is 0 Å². The van der Waals surface area contributed by atoms with Gasteiger partial charge in [0.25, 0.3) is 0 Å². The van der Waals surface area contributed by atoms with Gasteiger partial charge in [0, 0.05) is 12.0 Å². The zero-order valence-corrected chi connectivity index (χ0v) is 9.78. The summed E-state index contributed by atoms with van der Waals surface area (Å²) in [5, 5.41) is 8.93. The molecule has 0 aliphatic heterocycles. The van der Waals surface area contributed by atoms with Crippen molar-refractivity contribution in [3.8, 4) is 0 Å². The van der Waals surface area contributed by atoms with Crippen molar-refractivity contribution in [3.63, 3.8) is 0 Å². The zero-order chi connectivity index (χ0) is 12.1. The third-order valence-electron chi connectivity index (χ3n) is 2.48. The predicted octanol–water partition coefficient (Wildman–Crippen LogP) is 3.24. The lowest BCUT2D eigenvalue weighted by atomic mass is 10.0. The number of ether oxygens (including phenoxy) is 1. The number of carbonyl (C=O) groups excluding carboxylic acids is 1. The summed E-state index contributed by atoms with van der Waals surface area (Å²) in [6.07, 6.45) is 0.344. The van der Waals surface area contributed by atoms with Crippen LogP contribution in [-0.4, -0.2) is 5.97 Å². The van der Waals surface area contributed by atoms with Crippen LogP contribution in [0.4, 0.5) is 5.69 Å². The van der Waals surface area contributed by atoms with Crippen LogP contribution in [0.25, 0.3) is 4.98 Å². The van der Waals surface area contributed by atoms with Gasteiger partial charge in [-0.1, -0.05) is 19.1 Å². The molecule has 0 heterocycles. The lowest BCUT2D eigenvalue weighted by Crippen LogP contribution is -2.04. The molecule has 4 heteroatoms. The van der Waals surface area contributed by atoms with Crippen molar-refractivity contribution >= 4 is 11.7 Å². The van der Waals surface area contributed by atoms with Crippen molar-refractivity contribution in [2.45, 2.75) is 33.8 Å². The molecule has 0 amide bonds. The molecule has 0 bridgehead atoms. The summed E-state index contributed by atoms with van der Waals surface area (Å²) in [5.74, 6) is -0.259. The van der Waals surface area contributed by atoms with Gasteiger partial charge < -0.3 is 4.74 Å². The number of diazo groups is 1. The van der Waals surface area contributed by atoms with E-state index in [2.05, 4.69) is 4.98 Å². The Morgan fingerprint density at radius 2 is 2.00 bits per heavy atom. The van der Waals surface area contributed by atoms with Crippen molar-refractivity contribution in [1.29, 1.82) is 5.39 Å². The predicted molar refractivity (Wildman–Crippen MR) is 60.7 cm³/mol. The molecule has 16 heavy (non-hydrogen) atoms. The second kappa shape index (κ2) is 5.26. The van der Waals surface area contributed by atoms with E-state index in [9.17, 15) is 4.79 Å². The molecule has 0 aliphatic rings. The van der Waals surface area contributed by atoms with Gasteiger partial charge in [0.15, 0.2) is 4.98 Å². The summed E-state index contributed by atoms with van der Waals surface area (Å²) in [7, 11) is 0. The summed E-state index contributed by atoms with van der Waals surface area (Å²) >= 11 is 0. The van der Waals surface area contributed by atoms with Crippen LogP contribution in [0, 0.1) is 19.2 Å². The van der Waals surface area contributed by atoms with Crippen molar-refractivity contribution < 1.29 is 9.53 Å². The van der Waals surface area contributed by atoms with Gasteiger partial charge in [-0.15, -0.1) is 0 Å². The lowest BCUT2D eigenvalue weighted by Gasteiger charge is -2.05. The fraction of sp³-hybridized carbons (Fsp3) is 0.417. The van der Waals surface area contributed by atoms with Gasteiger partial charge in [0.05, 0.1) is 5.56 Å². The van der Waals surface area contributed by atoms with Gasteiger partial charge >= 0.3 is 11.7 Å². The molecule has 1 aromatic carbocycles. The Balaban J connectivity index is 2.99. The van der Waals surface area contributed by atoms with Crippen LogP contribution in [0.3, 0.4) is 0 Å². The second-order valence-corrected chi connectivity index (χ2v) is 3.64. The van der Waals surface area contributed by atoms with Crippen molar-refractivity contribution in [2.24, 2.45) is 0 Å². The molecule has 0 N–H and O–H groups in total. The van der Waals surface area contributed by atoms with Crippen LogP contribution in [-0.2, 0) is 16.1 Å². The molecule has 0 radical (unpaired) electrons. The highest BCUT2D eigenvalue weighted by Gasteiger charge is 2.20. The molecule has 0 saturated carbocycles. The van der Waals surface area contributed by atoms with E-state index >= 15 is 0 Å². The molecule has 1 rings (SSSR count). The second-order valence-electron chi connectivity index (χ2n) is 3.64. The molecule has 1 aromatic rings. The van der Waals surface area contributed by atoms with Crippen molar-refractivity contribution in [1.82, 2.24) is 0 Å². The molecule has 0 saturated heterocycles. The minimum Gasteiger partial charge on any atom is -0.460 e. The number of hydrogen-bond donors (Lipinski definition) is 0. The first-order valence-electron chi connectivity index (χ1n) is 5.20. The van der Waals surface area contributed by atoms with Crippen LogP contribution < -0.4 is 0 Å². The standard InChI is InChI=1S/C12H15N2O2/c1-4-11(15)16-7-10-8(2)5-6-9(3)12(10)14-13/h5-6H,4,7H2,1-3H3/q+1. The van der Waals surface area contributed by atoms with Crippen LogP contribution in [0.2, 0.25) is 0 Å². The Hall–Kier alpha value is -1.89. The Morgan fingerprint density at radius 1 is 1.38 bits per heavy atom. The van der Waals surface area contributed by atoms with Crippen molar-refractivity contribution in [3.05, 3.63) is 33.8 Å². The van der Waals surface area contributed by atoms with Gasteiger partial charge in [-0.25, -0.2) is 0 Å². The van der Waals surface area contributed by atoms with E-state index in [4.69, 9.17) is 10.1 Å². The average Bonchev–Trinajstić information content (AvgIpc) is 2.29. The molecule has 84 valence electrons. The fourth-order valence-electron chi connectivity index (χ4n) is 1.43. The summed E-state index contributed by atoms with van der Waals surface area (Å²) in [6.45, 7) is 5.63. The number of hydrogen-bond acceptors (Lipinski definition) is 3. The minimum atomic E-state index is -0.259. The Labute approximate surface area is 94.9 Å². The molecule has 0 fully saturated rings. The zero-order valence-electron chi connectivity index (χ0n) is 9.78. The molecule has 0 aliphatic carbocycles. The molecule has 0 atom stereocenters. The van der Waals surface area contributed by atoms with E-state index in [1.54, 1.807) is 6.92 Å². The highest BCUT2D eigenvalue weighted by atomic mass is 16.5. The summed E-state index contributed by atoms with van der Waals surface area (Å²) in [6, 6.07) is 3.79. The van der Waals surface area contributed by atoms with E-state index < -0.39 is 0 Å². The van der Waals surface area contributed by atoms with E-state index in [1.165, 1.54) is 0 Å². The van der Waals surface area contributed by atoms with Crippen LogP contribution in [0.15, 0.2) is 12.1 Å². The Kier molecular flexibility index (Phi) is 4.01. The van der Waals surface area contributed by atoms with Crippen LogP contribution >= 0.6 is 0 Å². The molecule has 0 spiro atoms. The Bertz CT molecular complexity index is 447. The number of aryl methyl sites for hydroxylation is 2. The van der Waals surface area contributed by atoms with E-state index in [0.29, 0.717) is 12.1 Å². The highest BCUT2D eigenvalue weighted by Crippen LogP contribution is 2.27. The van der Waals surface area contributed by atoms with Gasteiger partial charge in [0.1, 0.15) is 6.61 Å². The number of nitrogens with zero attached hydrogens (tertiary/aromatic N) is 2. The first kappa shape index (κ1) is 12.2. The summed E-state index contributed by atoms with van der Waals surface area (Å²) in [5.41, 5.74) is 3.05. The number of benzene rings is 1. The molecule has 0 aromatic heterocycles. The van der Waals surface area contributed by atoms with Gasteiger partial charge in [-0.3, -0.25) is 4.79 Å². The number of rotatable bonds is 3. The lowest BCUT2D eigenvalue weighted by molar-refractivity contribution is -0.144. The minimum absolute atomic E-state index is 0.152. The molecular formula is C12H15N2O2+. The van der Waals surface area contributed by atoms with E-state index in [-0.39, 0.29) is 12.6 Å².